The van der Waals surface area contributed by atoms with E-state index in [1.54, 1.807) is 21.3 Å². The van der Waals surface area contributed by atoms with Crippen molar-refractivity contribution in [2.24, 2.45) is 5.92 Å². The van der Waals surface area contributed by atoms with Gasteiger partial charge in [0, 0.05) is 18.7 Å². The Kier molecular flexibility index (Phi) is 5.88. The van der Waals surface area contributed by atoms with Gasteiger partial charge in [0.15, 0.2) is 0 Å². The van der Waals surface area contributed by atoms with Crippen LogP contribution < -0.4 is 14.8 Å². The second-order valence-electron chi connectivity index (χ2n) is 5.58. The maximum atomic E-state index is 5.79. The van der Waals surface area contributed by atoms with Crippen LogP contribution in [0.5, 0.6) is 11.5 Å². The molecule has 1 aliphatic carbocycles. The van der Waals surface area contributed by atoms with Gasteiger partial charge in [0.2, 0.25) is 0 Å². The summed E-state index contributed by atoms with van der Waals surface area (Å²) in [6.45, 7) is 3.14. The standard InChI is InChI=1S/C17H27NO3/c1-5-10-18-16(17(21-4)12-6-7-12)14-9-8-13(19-2)11-15(14)20-3/h8-9,11-12,16-18H,5-7,10H2,1-4H3. The van der Waals surface area contributed by atoms with Gasteiger partial charge in [-0.25, -0.2) is 0 Å². The van der Waals surface area contributed by atoms with Crippen LogP contribution in [0.15, 0.2) is 18.2 Å². The molecule has 0 spiro atoms. The topological polar surface area (TPSA) is 39.7 Å². The number of hydrogen-bond acceptors (Lipinski definition) is 4. The average molecular weight is 293 g/mol. The molecule has 0 aromatic heterocycles. The van der Waals surface area contributed by atoms with Crippen molar-refractivity contribution in [2.45, 2.75) is 38.3 Å². The number of hydrogen-bond donors (Lipinski definition) is 1. The van der Waals surface area contributed by atoms with Gasteiger partial charge in [0.05, 0.1) is 26.4 Å². The zero-order valence-corrected chi connectivity index (χ0v) is 13.5. The van der Waals surface area contributed by atoms with Gasteiger partial charge in [0.1, 0.15) is 11.5 Å². The lowest BCUT2D eigenvalue weighted by molar-refractivity contribution is 0.0499. The van der Waals surface area contributed by atoms with Gasteiger partial charge in [-0.05, 0) is 43.9 Å². The Labute approximate surface area is 127 Å². The van der Waals surface area contributed by atoms with Crippen LogP contribution in [0.2, 0.25) is 0 Å². The zero-order chi connectivity index (χ0) is 15.2. The van der Waals surface area contributed by atoms with Gasteiger partial charge in [-0.1, -0.05) is 6.92 Å². The van der Waals surface area contributed by atoms with Gasteiger partial charge >= 0.3 is 0 Å². The van der Waals surface area contributed by atoms with Crippen molar-refractivity contribution in [1.29, 1.82) is 0 Å². The molecule has 4 heteroatoms. The third-order valence-electron chi connectivity index (χ3n) is 4.08. The minimum absolute atomic E-state index is 0.156. The fraction of sp³-hybridized carbons (Fsp3) is 0.647. The molecule has 1 aromatic rings. The second-order valence-corrected chi connectivity index (χ2v) is 5.58. The highest BCUT2D eigenvalue weighted by Gasteiger charge is 2.38. The van der Waals surface area contributed by atoms with Crippen molar-refractivity contribution in [3.63, 3.8) is 0 Å². The van der Waals surface area contributed by atoms with E-state index in [1.165, 1.54) is 12.8 Å². The first-order valence-electron chi connectivity index (χ1n) is 7.73. The van der Waals surface area contributed by atoms with Crippen LogP contribution in [0.25, 0.3) is 0 Å². The van der Waals surface area contributed by atoms with E-state index in [0.717, 1.165) is 30.0 Å². The number of rotatable bonds is 9. The van der Waals surface area contributed by atoms with Crippen LogP contribution >= 0.6 is 0 Å². The summed E-state index contributed by atoms with van der Waals surface area (Å²) in [6.07, 6.45) is 3.79. The van der Waals surface area contributed by atoms with E-state index in [4.69, 9.17) is 14.2 Å². The van der Waals surface area contributed by atoms with Crippen LogP contribution in [-0.4, -0.2) is 34.0 Å². The largest absolute Gasteiger partial charge is 0.497 e. The van der Waals surface area contributed by atoms with Crippen LogP contribution in [0.3, 0.4) is 0 Å². The Hall–Kier alpha value is -1.26. The highest BCUT2D eigenvalue weighted by molar-refractivity contribution is 5.43. The van der Waals surface area contributed by atoms with E-state index in [2.05, 4.69) is 18.3 Å². The molecule has 0 bridgehead atoms. The first-order valence-corrected chi connectivity index (χ1v) is 7.73. The van der Waals surface area contributed by atoms with E-state index in [-0.39, 0.29) is 12.1 Å². The molecule has 0 amide bonds. The van der Waals surface area contributed by atoms with Crippen molar-refractivity contribution in [2.75, 3.05) is 27.9 Å². The van der Waals surface area contributed by atoms with E-state index >= 15 is 0 Å². The van der Waals surface area contributed by atoms with Crippen LogP contribution in [0.1, 0.15) is 37.8 Å². The van der Waals surface area contributed by atoms with E-state index in [1.807, 2.05) is 12.1 Å². The lowest BCUT2D eigenvalue weighted by atomic mass is 9.96. The van der Waals surface area contributed by atoms with E-state index in [9.17, 15) is 0 Å². The molecule has 0 saturated heterocycles. The van der Waals surface area contributed by atoms with E-state index in [0.29, 0.717) is 5.92 Å². The molecular formula is C17H27NO3. The summed E-state index contributed by atoms with van der Waals surface area (Å²) in [6, 6.07) is 6.16. The van der Waals surface area contributed by atoms with Gasteiger partial charge in [-0.2, -0.15) is 0 Å². The number of methoxy groups -OCH3 is 3. The van der Waals surface area contributed by atoms with Crippen molar-refractivity contribution in [3.05, 3.63) is 23.8 Å². The Balaban J connectivity index is 2.30. The minimum Gasteiger partial charge on any atom is -0.497 e. The Bertz CT molecular complexity index is 446. The maximum Gasteiger partial charge on any atom is 0.127 e. The van der Waals surface area contributed by atoms with Crippen molar-refractivity contribution in [3.8, 4) is 11.5 Å². The molecule has 0 heterocycles. The minimum atomic E-state index is 0.156. The molecular weight excluding hydrogens is 266 g/mol. The number of ether oxygens (including phenoxy) is 3. The summed E-state index contributed by atoms with van der Waals surface area (Å²) >= 11 is 0. The molecule has 1 saturated carbocycles. The van der Waals surface area contributed by atoms with Gasteiger partial charge in [-0.15, -0.1) is 0 Å². The summed E-state index contributed by atoms with van der Waals surface area (Å²) < 4.78 is 16.7. The Morgan fingerprint density at radius 3 is 2.48 bits per heavy atom. The van der Waals surface area contributed by atoms with Gasteiger partial charge in [0.25, 0.3) is 0 Å². The molecule has 2 rings (SSSR count). The Morgan fingerprint density at radius 2 is 1.95 bits per heavy atom. The molecule has 118 valence electrons. The average Bonchev–Trinajstić information content (AvgIpc) is 3.35. The Morgan fingerprint density at radius 1 is 1.19 bits per heavy atom. The quantitative estimate of drug-likeness (QED) is 0.759. The highest BCUT2D eigenvalue weighted by Crippen LogP contribution is 2.42. The van der Waals surface area contributed by atoms with Gasteiger partial charge in [-0.3, -0.25) is 0 Å². The SMILES string of the molecule is CCCNC(c1ccc(OC)cc1OC)C(OC)C1CC1. The normalized spacial score (nSPS) is 17.3. The molecule has 1 N–H and O–H groups in total. The molecule has 1 fully saturated rings. The molecule has 0 radical (unpaired) electrons. The molecule has 0 aliphatic heterocycles. The molecule has 2 unspecified atom stereocenters. The fourth-order valence-corrected chi connectivity index (χ4v) is 2.80. The van der Waals surface area contributed by atoms with Crippen molar-refractivity contribution >= 4 is 0 Å². The van der Waals surface area contributed by atoms with E-state index < -0.39 is 0 Å². The highest BCUT2D eigenvalue weighted by atomic mass is 16.5. The molecule has 1 aromatic carbocycles. The second kappa shape index (κ2) is 7.66. The third-order valence-corrected chi connectivity index (χ3v) is 4.08. The van der Waals surface area contributed by atoms with Gasteiger partial charge < -0.3 is 19.5 Å². The lowest BCUT2D eigenvalue weighted by Gasteiger charge is -2.29. The summed E-state index contributed by atoms with van der Waals surface area (Å²) in [4.78, 5) is 0. The first kappa shape index (κ1) is 16.1. The lowest BCUT2D eigenvalue weighted by Crippen LogP contribution is -2.35. The number of benzene rings is 1. The molecule has 2 atom stereocenters. The fourth-order valence-electron chi connectivity index (χ4n) is 2.80. The molecule has 1 aliphatic rings. The molecule has 4 nitrogen and oxygen atoms in total. The van der Waals surface area contributed by atoms with Crippen LogP contribution in [0, 0.1) is 5.92 Å². The first-order chi connectivity index (χ1) is 10.2. The summed E-state index contributed by atoms with van der Waals surface area (Å²) in [5.74, 6) is 2.31. The predicted molar refractivity (Wildman–Crippen MR) is 84.1 cm³/mol. The number of nitrogens with one attached hydrogen (secondary N) is 1. The summed E-state index contributed by atoms with van der Waals surface area (Å²) in [7, 11) is 5.18. The summed E-state index contributed by atoms with van der Waals surface area (Å²) in [5, 5.41) is 3.62. The van der Waals surface area contributed by atoms with Crippen molar-refractivity contribution in [1.82, 2.24) is 5.32 Å². The summed E-state index contributed by atoms with van der Waals surface area (Å²) in [5.41, 5.74) is 1.14. The predicted octanol–water partition coefficient (Wildman–Crippen LogP) is 3.17. The monoisotopic (exact) mass is 293 g/mol. The van der Waals surface area contributed by atoms with Crippen LogP contribution in [-0.2, 0) is 4.74 Å². The molecule has 21 heavy (non-hydrogen) atoms. The van der Waals surface area contributed by atoms with Crippen molar-refractivity contribution < 1.29 is 14.2 Å². The third kappa shape index (κ3) is 3.89. The zero-order valence-electron chi connectivity index (χ0n) is 13.5. The van der Waals surface area contributed by atoms with Crippen LogP contribution in [0.4, 0.5) is 0 Å². The smallest absolute Gasteiger partial charge is 0.127 e. The maximum absolute atomic E-state index is 5.79.